The van der Waals surface area contributed by atoms with Crippen LogP contribution in [0.15, 0.2) is 23.2 Å². The summed E-state index contributed by atoms with van der Waals surface area (Å²) >= 11 is 0. The SMILES string of the molecule is Cc1cc(C)cc(CCNC(=NCC(=O)N(C)C)NCC2CCCO2)c1. The molecule has 144 valence electrons. The molecule has 6 heteroatoms. The van der Waals surface area contributed by atoms with Gasteiger partial charge in [-0.05, 0) is 38.7 Å². The number of hydrogen-bond donors (Lipinski definition) is 2. The molecule has 1 saturated heterocycles. The van der Waals surface area contributed by atoms with E-state index in [-0.39, 0.29) is 18.6 Å². The van der Waals surface area contributed by atoms with Crippen LogP contribution in [0, 0.1) is 13.8 Å². The lowest BCUT2D eigenvalue weighted by atomic mass is 10.1. The molecule has 2 rings (SSSR count). The zero-order chi connectivity index (χ0) is 18.9. The van der Waals surface area contributed by atoms with Crippen molar-refractivity contribution < 1.29 is 9.53 Å². The number of carbonyl (C=O) groups excluding carboxylic acids is 1. The van der Waals surface area contributed by atoms with E-state index in [4.69, 9.17) is 4.74 Å². The predicted molar refractivity (Wildman–Crippen MR) is 106 cm³/mol. The van der Waals surface area contributed by atoms with Crippen molar-refractivity contribution >= 4 is 11.9 Å². The maximum atomic E-state index is 11.8. The first-order valence-corrected chi connectivity index (χ1v) is 9.35. The molecular weight excluding hydrogens is 328 g/mol. The van der Waals surface area contributed by atoms with Gasteiger partial charge in [0.2, 0.25) is 5.91 Å². The first kappa shape index (κ1) is 20.2. The van der Waals surface area contributed by atoms with Crippen LogP contribution < -0.4 is 10.6 Å². The smallest absolute Gasteiger partial charge is 0.243 e. The van der Waals surface area contributed by atoms with Gasteiger partial charge < -0.3 is 20.3 Å². The number of hydrogen-bond acceptors (Lipinski definition) is 3. The van der Waals surface area contributed by atoms with Crippen molar-refractivity contribution in [2.75, 3.05) is 40.3 Å². The molecule has 1 unspecified atom stereocenters. The molecule has 0 aliphatic carbocycles. The van der Waals surface area contributed by atoms with Crippen LogP contribution in [0.3, 0.4) is 0 Å². The van der Waals surface area contributed by atoms with Crippen molar-refractivity contribution in [3.05, 3.63) is 34.9 Å². The van der Waals surface area contributed by atoms with Crippen molar-refractivity contribution in [3.63, 3.8) is 0 Å². The summed E-state index contributed by atoms with van der Waals surface area (Å²) in [7, 11) is 3.48. The Bertz CT molecular complexity index is 602. The van der Waals surface area contributed by atoms with Gasteiger partial charge in [-0.25, -0.2) is 4.99 Å². The van der Waals surface area contributed by atoms with E-state index in [1.54, 1.807) is 19.0 Å². The van der Waals surface area contributed by atoms with Gasteiger partial charge in [-0.3, -0.25) is 4.79 Å². The van der Waals surface area contributed by atoms with Crippen LogP contribution in [-0.4, -0.2) is 63.2 Å². The normalized spacial score (nSPS) is 17.2. The number of nitrogens with zero attached hydrogens (tertiary/aromatic N) is 2. The zero-order valence-electron chi connectivity index (χ0n) is 16.5. The summed E-state index contributed by atoms with van der Waals surface area (Å²) in [5.74, 6) is 0.651. The molecule has 0 spiro atoms. The highest BCUT2D eigenvalue weighted by Crippen LogP contribution is 2.10. The lowest BCUT2D eigenvalue weighted by Crippen LogP contribution is -2.42. The van der Waals surface area contributed by atoms with E-state index in [0.29, 0.717) is 12.5 Å². The third kappa shape index (κ3) is 7.04. The van der Waals surface area contributed by atoms with E-state index in [1.807, 2.05) is 0 Å². The minimum absolute atomic E-state index is 0.0162. The third-order valence-corrected chi connectivity index (χ3v) is 4.38. The average Bonchev–Trinajstić information content (AvgIpc) is 3.09. The van der Waals surface area contributed by atoms with Crippen LogP contribution in [0.25, 0.3) is 0 Å². The van der Waals surface area contributed by atoms with Crippen molar-refractivity contribution in [3.8, 4) is 0 Å². The quantitative estimate of drug-likeness (QED) is 0.573. The first-order chi connectivity index (χ1) is 12.4. The van der Waals surface area contributed by atoms with Crippen LogP contribution >= 0.6 is 0 Å². The van der Waals surface area contributed by atoms with Gasteiger partial charge >= 0.3 is 0 Å². The second-order valence-corrected chi connectivity index (χ2v) is 7.14. The molecule has 1 atom stereocenters. The van der Waals surface area contributed by atoms with Gasteiger partial charge in [-0.15, -0.1) is 0 Å². The van der Waals surface area contributed by atoms with Crippen LogP contribution in [0.4, 0.5) is 0 Å². The van der Waals surface area contributed by atoms with Crippen LogP contribution in [0.5, 0.6) is 0 Å². The fourth-order valence-electron chi connectivity index (χ4n) is 3.02. The highest BCUT2D eigenvalue weighted by molar-refractivity contribution is 5.84. The number of aliphatic imine (C=N–C) groups is 1. The van der Waals surface area contributed by atoms with Crippen molar-refractivity contribution in [2.45, 2.75) is 39.2 Å². The van der Waals surface area contributed by atoms with Gasteiger partial charge in [0.05, 0.1) is 6.10 Å². The number of benzene rings is 1. The van der Waals surface area contributed by atoms with Gasteiger partial charge in [-0.2, -0.15) is 0 Å². The summed E-state index contributed by atoms with van der Waals surface area (Å²) in [6, 6.07) is 6.60. The molecule has 1 amide bonds. The molecular formula is C20H32N4O2. The fraction of sp³-hybridized carbons (Fsp3) is 0.600. The molecule has 1 aliphatic heterocycles. The Kier molecular flexibility index (Phi) is 7.91. The lowest BCUT2D eigenvalue weighted by Gasteiger charge is -2.16. The van der Waals surface area contributed by atoms with Crippen LogP contribution in [-0.2, 0) is 16.0 Å². The number of nitrogens with one attached hydrogen (secondary N) is 2. The van der Waals surface area contributed by atoms with E-state index in [1.165, 1.54) is 16.7 Å². The number of likely N-dealkylation sites (N-methyl/N-ethyl adjacent to an activating group) is 1. The number of aryl methyl sites for hydroxylation is 2. The van der Waals surface area contributed by atoms with E-state index in [9.17, 15) is 4.79 Å². The summed E-state index contributed by atoms with van der Waals surface area (Å²) in [5, 5.41) is 6.65. The van der Waals surface area contributed by atoms with Gasteiger partial charge in [0.1, 0.15) is 6.54 Å². The fourth-order valence-corrected chi connectivity index (χ4v) is 3.02. The van der Waals surface area contributed by atoms with Gasteiger partial charge in [0, 0.05) is 33.8 Å². The van der Waals surface area contributed by atoms with E-state index in [0.717, 1.165) is 32.4 Å². The number of ether oxygens (including phenoxy) is 1. The largest absolute Gasteiger partial charge is 0.376 e. The lowest BCUT2D eigenvalue weighted by molar-refractivity contribution is -0.127. The van der Waals surface area contributed by atoms with Crippen molar-refractivity contribution in [1.29, 1.82) is 0 Å². The van der Waals surface area contributed by atoms with Crippen LogP contribution in [0.1, 0.15) is 29.5 Å². The van der Waals surface area contributed by atoms with E-state index >= 15 is 0 Å². The monoisotopic (exact) mass is 360 g/mol. The molecule has 0 saturated carbocycles. The number of rotatable bonds is 7. The number of guanidine groups is 1. The second kappa shape index (κ2) is 10.2. The summed E-state index contributed by atoms with van der Waals surface area (Å²) in [5.41, 5.74) is 3.86. The Morgan fingerprint density at radius 1 is 1.23 bits per heavy atom. The summed E-state index contributed by atoms with van der Waals surface area (Å²) in [6.45, 7) is 6.68. The molecule has 1 aromatic rings. The summed E-state index contributed by atoms with van der Waals surface area (Å²) < 4.78 is 5.65. The molecule has 1 heterocycles. The number of amides is 1. The molecule has 1 aromatic carbocycles. The van der Waals surface area contributed by atoms with Gasteiger partial charge in [-0.1, -0.05) is 29.3 Å². The molecule has 0 bridgehead atoms. The highest BCUT2D eigenvalue weighted by Gasteiger charge is 2.15. The Hall–Kier alpha value is -2.08. The van der Waals surface area contributed by atoms with Crippen molar-refractivity contribution in [1.82, 2.24) is 15.5 Å². The molecule has 26 heavy (non-hydrogen) atoms. The molecule has 0 aromatic heterocycles. The summed E-state index contributed by atoms with van der Waals surface area (Å²) in [4.78, 5) is 17.8. The molecule has 6 nitrogen and oxygen atoms in total. The maximum absolute atomic E-state index is 11.8. The topological polar surface area (TPSA) is 66.0 Å². The zero-order valence-corrected chi connectivity index (χ0v) is 16.5. The summed E-state index contributed by atoms with van der Waals surface area (Å²) in [6.07, 6.45) is 3.31. The first-order valence-electron chi connectivity index (χ1n) is 9.35. The average molecular weight is 361 g/mol. The third-order valence-electron chi connectivity index (χ3n) is 4.38. The second-order valence-electron chi connectivity index (χ2n) is 7.14. The maximum Gasteiger partial charge on any atom is 0.243 e. The number of carbonyl (C=O) groups is 1. The Labute approximate surface area is 157 Å². The molecule has 1 fully saturated rings. The Balaban J connectivity index is 1.88. The standard InChI is InChI=1S/C20H32N4O2/c1-15-10-16(2)12-17(11-15)7-8-21-20(23-14-19(25)24(3)4)22-13-18-6-5-9-26-18/h10-12,18H,5-9,13-14H2,1-4H3,(H2,21,22,23). The van der Waals surface area contributed by atoms with E-state index < -0.39 is 0 Å². The molecule has 1 aliphatic rings. The van der Waals surface area contributed by atoms with Crippen molar-refractivity contribution in [2.24, 2.45) is 4.99 Å². The van der Waals surface area contributed by atoms with Crippen LogP contribution in [0.2, 0.25) is 0 Å². The minimum atomic E-state index is -0.0162. The van der Waals surface area contributed by atoms with Gasteiger partial charge in [0.25, 0.3) is 0 Å². The molecule has 0 radical (unpaired) electrons. The Morgan fingerprint density at radius 3 is 2.58 bits per heavy atom. The highest BCUT2D eigenvalue weighted by atomic mass is 16.5. The Morgan fingerprint density at radius 2 is 1.96 bits per heavy atom. The van der Waals surface area contributed by atoms with E-state index in [2.05, 4.69) is 47.7 Å². The van der Waals surface area contributed by atoms with Gasteiger partial charge in [0.15, 0.2) is 5.96 Å². The molecule has 2 N–H and O–H groups in total. The predicted octanol–water partition coefficient (Wildman–Crippen LogP) is 1.65. The minimum Gasteiger partial charge on any atom is -0.376 e.